The molecule has 0 spiro atoms. The maximum atomic E-state index is 5.19. The molecule has 0 atom stereocenters. The minimum atomic E-state index is 0.488. The Morgan fingerprint density at radius 1 is 1.44 bits per heavy atom. The molecule has 0 aliphatic heterocycles. The van der Waals surface area contributed by atoms with E-state index in [9.17, 15) is 0 Å². The van der Waals surface area contributed by atoms with Crippen LogP contribution in [0.5, 0.6) is 0 Å². The summed E-state index contributed by atoms with van der Waals surface area (Å²) in [5.41, 5.74) is 0. The molecule has 0 aliphatic carbocycles. The summed E-state index contributed by atoms with van der Waals surface area (Å²) in [7, 11) is 0. The third-order valence-corrected chi connectivity index (χ3v) is 3.33. The van der Waals surface area contributed by atoms with Crippen LogP contribution in [-0.2, 0) is 6.54 Å². The molecule has 94 valence electrons. The quantitative estimate of drug-likeness (QED) is 0.782. The lowest BCUT2D eigenvalue weighted by Crippen LogP contribution is -2.28. The number of hydrogen-bond donors (Lipinski definition) is 2. The van der Waals surface area contributed by atoms with Gasteiger partial charge in [-0.1, -0.05) is 0 Å². The molecule has 0 unspecified atom stereocenters. The summed E-state index contributed by atoms with van der Waals surface area (Å²) in [6, 6.07) is 5.61. The van der Waals surface area contributed by atoms with E-state index in [1.807, 2.05) is 18.2 Å². The van der Waals surface area contributed by atoms with E-state index in [1.165, 1.54) is 0 Å². The van der Waals surface area contributed by atoms with Gasteiger partial charge in [0.25, 0.3) is 0 Å². The maximum absolute atomic E-state index is 5.19. The van der Waals surface area contributed by atoms with Crippen molar-refractivity contribution in [2.75, 3.05) is 5.32 Å². The van der Waals surface area contributed by atoms with E-state index >= 15 is 0 Å². The van der Waals surface area contributed by atoms with Crippen LogP contribution in [0.25, 0.3) is 0 Å². The number of hydrogen-bond acceptors (Lipinski definition) is 3. The number of nitrogens with zero attached hydrogens (tertiary/aromatic N) is 1. The van der Waals surface area contributed by atoms with Crippen LogP contribution in [0.1, 0.15) is 5.76 Å². The Hall–Kier alpha value is -0.920. The molecule has 2 aromatic heterocycles. The van der Waals surface area contributed by atoms with Crippen LogP contribution in [0.2, 0.25) is 0 Å². The molecule has 2 rings (SSSR count). The van der Waals surface area contributed by atoms with E-state index in [1.54, 1.807) is 12.5 Å². The van der Waals surface area contributed by atoms with Gasteiger partial charge in [0, 0.05) is 10.7 Å². The summed E-state index contributed by atoms with van der Waals surface area (Å²) in [5, 5.41) is 6.52. The predicted octanol–water partition coefficient (Wildman–Crippen LogP) is 3.69. The topological polar surface area (TPSA) is 50.1 Å². The van der Waals surface area contributed by atoms with Gasteiger partial charge in [0.1, 0.15) is 11.6 Å². The Morgan fingerprint density at radius 2 is 2.28 bits per heavy atom. The van der Waals surface area contributed by atoms with Crippen molar-refractivity contribution in [2.45, 2.75) is 6.54 Å². The first kappa shape index (κ1) is 13.5. The second kappa shape index (κ2) is 6.31. The third kappa shape index (κ3) is 3.79. The van der Waals surface area contributed by atoms with Crippen LogP contribution in [0.15, 0.2) is 44.0 Å². The van der Waals surface area contributed by atoms with Crippen molar-refractivity contribution in [3.8, 4) is 0 Å². The monoisotopic (exact) mass is 389 g/mol. The van der Waals surface area contributed by atoms with Crippen molar-refractivity contribution in [1.29, 1.82) is 0 Å². The van der Waals surface area contributed by atoms with Crippen LogP contribution in [0, 0.1) is 0 Å². The van der Waals surface area contributed by atoms with Crippen molar-refractivity contribution in [3.05, 3.63) is 45.4 Å². The summed E-state index contributed by atoms with van der Waals surface area (Å²) in [6.07, 6.45) is 3.32. The van der Waals surface area contributed by atoms with Gasteiger partial charge in [0.15, 0.2) is 5.11 Å². The highest BCUT2D eigenvalue weighted by molar-refractivity contribution is 9.11. The molecule has 0 saturated heterocycles. The smallest absolute Gasteiger partial charge is 0.172 e. The number of thiocarbonyl (C=S) groups is 1. The Morgan fingerprint density at radius 3 is 2.94 bits per heavy atom. The van der Waals surface area contributed by atoms with Crippen LogP contribution < -0.4 is 10.6 Å². The number of nitrogens with one attached hydrogen (secondary N) is 2. The Kier molecular flexibility index (Phi) is 4.73. The summed E-state index contributed by atoms with van der Waals surface area (Å²) in [4.78, 5) is 4.21. The highest BCUT2D eigenvalue weighted by Crippen LogP contribution is 2.23. The first-order valence-electron chi connectivity index (χ1n) is 5.03. The lowest BCUT2D eigenvalue weighted by atomic mass is 10.4. The Labute approximate surface area is 126 Å². The predicted molar refractivity (Wildman–Crippen MR) is 81.4 cm³/mol. The first-order chi connectivity index (χ1) is 8.65. The molecule has 2 aromatic rings. The fourth-order valence-electron chi connectivity index (χ4n) is 1.24. The average Bonchev–Trinajstić information content (AvgIpc) is 2.83. The molecule has 2 heterocycles. The van der Waals surface area contributed by atoms with Gasteiger partial charge in [-0.05, 0) is 62.3 Å². The summed E-state index contributed by atoms with van der Waals surface area (Å²) in [5.74, 6) is 1.48. The van der Waals surface area contributed by atoms with E-state index < -0.39 is 0 Å². The maximum Gasteiger partial charge on any atom is 0.172 e. The highest BCUT2D eigenvalue weighted by Gasteiger charge is 2.04. The molecule has 0 saturated carbocycles. The van der Waals surface area contributed by atoms with Crippen molar-refractivity contribution < 1.29 is 4.42 Å². The van der Waals surface area contributed by atoms with Crippen molar-refractivity contribution in [2.24, 2.45) is 0 Å². The molecular weight excluding hydrogens is 382 g/mol. The fourth-order valence-corrected chi connectivity index (χ4v) is 2.49. The number of pyridine rings is 1. The summed E-state index contributed by atoms with van der Waals surface area (Å²) < 4.78 is 6.92. The van der Waals surface area contributed by atoms with E-state index in [2.05, 4.69) is 47.5 Å². The SMILES string of the molecule is S=C(NCc1ccco1)Nc1ncc(Br)cc1Br. The van der Waals surface area contributed by atoms with E-state index in [0.717, 1.165) is 14.7 Å². The van der Waals surface area contributed by atoms with E-state index in [4.69, 9.17) is 16.6 Å². The van der Waals surface area contributed by atoms with Crippen molar-refractivity contribution in [3.63, 3.8) is 0 Å². The molecule has 18 heavy (non-hydrogen) atoms. The molecular formula is C11H9Br2N3OS. The van der Waals surface area contributed by atoms with Crippen LogP contribution in [-0.4, -0.2) is 10.1 Å². The second-order valence-electron chi connectivity index (χ2n) is 3.37. The second-order valence-corrected chi connectivity index (χ2v) is 5.55. The van der Waals surface area contributed by atoms with Crippen LogP contribution in [0.3, 0.4) is 0 Å². The molecule has 4 nitrogen and oxygen atoms in total. The van der Waals surface area contributed by atoms with Gasteiger partial charge in [-0.2, -0.15) is 0 Å². The minimum Gasteiger partial charge on any atom is -0.467 e. The van der Waals surface area contributed by atoms with E-state index in [-0.39, 0.29) is 0 Å². The Bertz CT molecular complexity index is 545. The van der Waals surface area contributed by atoms with Gasteiger partial charge >= 0.3 is 0 Å². The lowest BCUT2D eigenvalue weighted by molar-refractivity contribution is 0.503. The largest absolute Gasteiger partial charge is 0.467 e. The van der Waals surface area contributed by atoms with Crippen LogP contribution in [0.4, 0.5) is 5.82 Å². The Balaban J connectivity index is 1.91. The molecule has 0 aromatic carbocycles. The molecule has 0 bridgehead atoms. The van der Waals surface area contributed by atoms with Gasteiger partial charge in [0.05, 0.1) is 17.3 Å². The number of furan rings is 1. The number of halogens is 2. The zero-order chi connectivity index (χ0) is 13.0. The summed E-state index contributed by atoms with van der Waals surface area (Å²) >= 11 is 11.9. The normalized spacial score (nSPS) is 10.1. The van der Waals surface area contributed by atoms with Gasteiger partial charge in [-0.15, -0.1) is 0 Å². The standard InChI is InChI=1S/C11H9Br2N3OS/c12-7-4-9(13)10(14-5-7)16-11(18)15-6-8-2-1-3-17-8/h1-5H,6H2,(H2,14,15,16,18). The average molecular weight is 391 g/mol. The van der Waals surface area contributed by atoms with Crippen molar-refractivity contribution in [1.82, 2.24) is 10.3 Å². The van der Waals surface area contributed by atoms with Crippen LogP contribution >= 0.6 is 44.1 Å². The van der Waals surface area contributed by atoms with Gasteiger partial charge in [-0.3, -0.25) is 0 Å². The molecule has 0 fully saturated rings. The van der Waals surface area contributed by atoms with E-state index in [0.29, 0.717) is 17.5 Å². The van der Waals surface area contributed by atoms with Gasteiger partial charge in [-0.25, -0.2) is 4.98 Å². The minimum absolute atomic E-state index is 0.488. The molecule has 0 aliphatic rings. The first-order valence-corrected chi connectivity index (χ1v) is 7.03. The highest BCUT2D eigenvalue weighted by atomic mass is 79.9. The molecule has 0 amide bonds. The molecule has 7 heteroatoms. The zero-order valence-electron chi connectivity index (χ0n) is 9.11. The molecule has 0 radical (unpaired) electrons. The third-order valence-electron chi connectivity index (χ3n) is 2.04. The molecule has 2 N–H and O–H groups in total. The van der Waals surface area contributed by atoms with Crippen molar-refractivity contribution >= 4 is 55.0 Å². The number of aromatic nitrogens is 1. The number of anilines is 1. The van der Waals surface area contributed by atoms with Gasteiger partial charge < -0.3 is 15.1 Å². The lowest BCUT2D eigenvalue weighted by Gasteiger charge is -2.10. The van der Waals surface area contributed by atoms with Gasteiger partial charge in [0.2, 0.25) is 0 Å². The summed E-state index contributed by atoms with van der Waals surface area (Å²) in [6.45, 7) is 0.535. The zero-order valence-corrected chi connectivity index (χ0v) is 13.1. The fraction of sp³-hybridized carbons (Fsp3) is 0.0909. The number of rotatable bonds is 3.